The Hall–Kier alpha value is -2.17. The van der Waals surface area contributed by atoms with Crippen molar-refractivity contribution in [3.8, 4) is 0 Å². The summed E-state index contributed by atoms with van der Waals surface area (Å²) in [4.78, 5) is 11.8. The van der Waals surface area contributed by atoms with E-state index in [-0.39, 0.29) is 11.7 Å². The standard InChI is InChI=1S/C13H14FN3O/c1-9-7-12(16-17(9)2)8-15-13(18)10-3-5-11(14)6-4-10/h3-7H,8H2,1-2H3,(H,15,18). The van der Waals surface area contributed by atoms with Crippen LogP contribution in [0.15, 0.2) is 30.3 Å². The van der Waals surface area contributed by atoms with Gasteiger partial charge >= 0.3 is 0 Å². The van der Waals surface area contributed by atoms with Gasteiger partial charge in [-0.25, -0.2) is 4.39 Å². The maximum atomic E-state index is 12.7. The molecule has 0 radical (unpaired) electrons. The van der Waals surface area contributed by atoms with Gasteiger partial charge in [-0.1, -0.05) is 0 Å². The third kappa shape index (κ3) is 2.74. The third-order valence-electron chi connectivity index (χ3n) is 2.70. The van der Waals surface area contributed by atoms with E-state index in [0.29, 0.717) is 12.1 Å². The first-order valence-electron chi connectivity index (χ1n) is 5.59. The van der Waals surface area contributed by atoms with Crippen LogP contribution in [0.5, 0.6) is 0 Å². The molecule has 0 unspecified atom stereocenters. The summed E-state index contributed by atoms with van der Waals surface area (Å²) in [7, 11) is 1.85. The van der Waals surface area contributed by atoms with Crippen LogP contribution >= 0.6 is 0 Å². The summed E-state index contributed by atoms with van der Waals surface area (Å²) in [6.07, 6.45) is 0. The zero-order valence-corrected chi connectivity index (χ0v) is 10.3. The monoisotopic (exact) mass is 247 g/mol. The molecule has 0 fully saturated rings. The predicted octanol–water partition coefficient (Wildman–Crippen LogP) is 1.80. The van der Waals surface area contributed by atoms with E-state index in [1.54, 1.807) is 4.68 Å². The zero-order valence-electron chi connectivity index (χ0n) is 10.3. The number of nitrogens with one attached hydrogen (secondary N) is 1. The van der Waals surface area contributed by atoms with E-state index >= 15 is 0 Å². The van der Waals surface area contributed by atoms with Crippen LogP contribution in [-0.2, 0) is 13.6 Å². The predicted molar refractivity (Wildman–Crippen MR) is 65.5 cm³/mol. The molecule has 0 saturated carbocycles. The lowest BCUT2D eigenvalue weighted by atomic mass is 10.2. The quantitative estimate of drug-likeness (QED) is 0.899. The van der Waals surface area contributed by atoms with Crippen molar-refractivity contribution in [3.63, 3.8) is 0 Å². The Bertz CT molecular complexity index is 541. The van der Waals surface area contributed by atoms with Gasteiger partial charge in [0.2, 0.25) is 0 Å². The molecule has 1 aromatic heterocycles. The van der Waals surface area contributed by atoms with Crippen LogP contribution in [0.1, 0.15) is 21.7 Å². The molecule has 1 heterocycles. The minimum atomic E-state index is -0.355. The van der Waals surface area contributed by atoms with Crippen LogP contribution in [0.3, 0.4) is 0 Å². The van der Waals surface area contributed by atoms with Crippen LogP contribution in [0, 0.1) is 12.7 Å². The lowest BCUT2D eigenvalue weighted by Gasteiger charge is -2.02. The first-order chi connectivity index (χ1) is 8.56. The summed E-state index contributed by atoms with van der Waals surface area (Å²) in [5.74, 6) is -0.592. The average Bonchev–Trinajstić information content (AvgIpc) is 2.67. The Balaban J connectivity index is 1.98. The first-order valence-corrected chi connectivity index (χ1v) is 5.59. The molecule has 2 aromatic rings. The van der Waals surface area contributed by atoms with Gasteiger partial charge in [-0.15, -0.1) is 0 Å². The average molecular weight is 247 g/mol. The molecule has 1 N–H and O–H groups in total. The number of hydrogen-bond donors (Lipinski definition) is 1. The van der Waals surface area contributed by atoms with Crippen molar-refractivity contribution in [3.05, 3.63) is 53.1 Å². The summed E-state index contributed by atoms with van der Waals surface area (Å²) >= 11 is 0. The van der Waals surface area contributed by atoms with Crippen molar-refractivity contribution < 1.29 is 9.18 Å². The van der Waals surface area contributed by atoms with Crippen LogP contribution in [0.4, 0.5) is 4.39 Å². The van der Waals surface area contributed by atoms with Gasteiger partial charge in [0.15, 0.2) is 0 Å². The fourth-order valence-corrected chi connectivity index (χ4v) is 1.60. The number of carbonyl (C=O) groups is 1. The second kappa shape index (κ2) is 5.00. The van der Waals surface area contributed by atoms with E-state index in [1.807, 2.05) is 20.0 Å². The molecule has 0 atom stereocenters. The van der Waals surface area contributed by atoms with E-state index in [0.717, 1.165) is 11.4 Å². The number of aromatic nitrogens is 2. The molecular formula is C13H14FN3O. The number of benzene rings is 1. The summed E-state index contributed by atoms with van der Waals surface area (Å²) in [6.45, 7) is 2.30. The highest BCUT2D eigenvalue weighted by Gasteiger charge is 2.07. The number of aryl methyl sites for hydroxylation is 2. The molecule has 1 aromatic carbocycles. The molecule has 0 aliphatic rings. The van der Waals surface area contributed by atoms with Gasteiger partial charge in [0.1, 0.15) is 5.82 Å². The number of halogens is 1. The maximum Gasteiger partial charge on any atom is 0.251 e. The fourth-order valence-electron chi connectivity index (χ4n) is 1.60. The Morgan fingerprint density at radius 1 is 1.39 bits per heavy atom. The maximum absolute atomic E-state index is 12.7. The Morgan fingerprint density at radius 3 is 2.61 bits per heavy atom. The van der Waals surface area contributed by atoms with Gasteiger partial charge in [-0.05, 0) is 37.3 Å². The highest BCUT2D eigenvalue weighted by Crippen LogP contribution is 2.04. The van der Waals surface area contributed by atoms with Gasteiger partial charge in [-0.3, -0.25) is 9.48 Å². The molecule has 4 nitrogen and oxygen atoms in total. The number of nitrogens with zero attached hydrogens (tertiary/aromatic N) is 2. The van der Waals surface area contributed by atoms with Crippen molar-refractivity contribution >= 4 is 5.91 Å². The van der Waals surface area contributed by atoms with Crippen LogP contribution in [-0.4, -0.2) is 15.7 Å². The van der Waals surface area contributed by atoms with E-state index < -0.39 is 0 Å². The van der Waals surface area contributed by atoms with E-state index in [9.17, 15) is 9.18 Å². The number of rotatable bonds is 3. The van der Waals surface area contributed by atoms with Gasteiger partial charge in [0, 0.05) is 18.3 Å². The second-order valence-corrected chi connectivity index (χ2v) is 4.09. The van der Waals surface area contributed by atoms with Crippen molar-refractivity contribution in [1.82, 2.24) is 15.1 Å². The molecule has 94 valence electrons. The molecule has 1 amide bonds. The van der Waals surface area contributed by atoms with E-state index in [4.69, 9.17) is 0 Å². The summed E-state index contributed by atoms with van der Waals surface area (Å²) < 4.78 is 14.5. The lowest BCUT2D eigenvalue weighted by Crippen LogP contribution is -2.23. The largest absolute Gasteiger partial charge is 0.346 e. The Kier molecular flexibility index (Phi) is 3.41. The van der Waals surface area contributed by atoms with Gasteiger partial charge in [0.25, 0.3) is 5.91 Å². The number of hydrogen-bond acceptors (Lipinski definition) is 2. The van der Waals surface area contributed by atoms with Crippen LogP contribution < -0.4 is 5.32 Å². The molecule has 2 rings (SSSR count). The van der Waals surface area contributed by atoms with Gasteiger partial charge < -0.3 is 5.32 Å². The smallest absolute Gasteiger partial charge is 0.251 e. The molecule has 0 saturated heterocycles. The van der Waals surface area contributed by atoms with Crippen molar-refractivity contribution in [1.29, 1.82) is 0 Å². The highest BCUT2D eigenvalue weighted by molar-refractivity contribution is 5.94. The van der Waals surface area contributed by atoms with Crippen molar-refractivity contribution in [2.75, 3.05) is 0 Å². The van der Waals surface area contributed by atoms with E-state index in [2.05, 4.69) is 10.4 Å². The summed E-state index contributed by atoms with van der Waals surface area (Å²) in [5.41, 5.74) is 2.26. The van der Waals surface area contributed by atoms with Gasteiger partial charge in [0.05, 0.1) is 12.2 Å². The Labute approximate surface area is 104 Å². The topological polar surface area (TPSA) is 46.9 Å². The van der Waals surface area contributed by atoms with Gasteiger partial charge in [-0.2, -0.15) is 5.10 Å². The minimum Gasteiger partial charge on any atom is -0.346 e. The first kappa shape index (κ1) is 12.3. The molecular weight excluding hydrogens is 233 g/mol. The molecule has 5 heteroatoms. The molecule has 0 aliphatic carbocycles. The fraction of sp³-hybridized carbons (Fsp3) is 0.231. The molecule has 0 spiro atoms. The number of carbonyl (C=O) groups excluding carboxylic acids is 1. The molecule has 18 heavy (non-hydrogen) atoms. The molecule has 0 bridgehead atoms. The van der Waals surface area contributed by atoms with Crippen LogP contribution in [0.25, 0.3) is 0 Å². The highest BCUT2D eigenvalue weighted by atomic mass is 19.1. The Morgan fingerprint density at radius 2 is 2.06 bits per heavy atom. The second-order valence-electron chi connectivity index (χ2n) is 4.09. The normalized spacial score (nSPS) is 10.4. The SMILES string of the molecule is Cc1cc(CNC(=O)c2ccc(F)cc2)nn1C. The molecule has 0 aliphatic heterocycles. The van der Waals surface area contributed by atoms with Crippen molar-refractivity contribution in [2.45, 2.75) is 13.5 Å². The third-order valence-corrected chi connectivity index (χ3v) is 2.70. The van der Waals surface area contributed by atoms with Crippen LogP contribution in [0.2, 0.25) is 0 Å². The van der Waals surface area contributed by atoms with Crippen molar-refractivity contribution in [2.24, 2.45) is 7.05 Å². The lowest BCUT2D eigenvalue weighted by molar-refractivity contribution is 0.0950. The number of amides is 1. The summed E-state index contributed by atoms with van der Waals surface area (Å²) in [5, 5.41) is 6.97. The zero-order chi connectivity index (χ0) is 13.1. The van der Waals surface area contributed by atoms with E-state index in [1.165, 1.54) is 24.3 Å². The summed E-state index contributed by atoms with van der Waals surface area (Å²) in [6, 6.07) is 7.34. The minimum absolute atomic E-state index is 0.238.